The molecule has 0 bridgehead atoms. The molecule has 8 heteroatoms. The Balaban J connectivity index is 2.30. The maximum atomic E-state index is 14.4. The number of hydrogen-bond acceptors (Lipinski definition) is 4. The lowest BCUT2D eigenvalue weighted by Gasteiger charge is -2.45. The number of carbonyl (C=O) groups excluding carboxylic acids is 4. The molecule has 0 atom stereocenters. The van der Waals surface area contributed by atoms with E-state index in [0.717, 1.165) is 0 Å². The summed E-state index contributed by atoms with van der Waals surface area (Å²) in [4.78, 5) is 58.5. The minimum atomic E-state index is -1.35. The van der Waals surface area contributed by atoms with E-state index in [1.54, 1.807) is 76.2 Å². The molecule has 8 nitrogen and oxygen atoms in total. The van der Waals surface area contributed by atoms with Crippen LogP contribution in [-0.4, -0.2) is 45.8 Å². The van der Waals surface area contributed by atoms with Crippen LogP contribution < -0.4 is 20.4 Å². The zero-order chi connectivity index (χ0) is 28.8. The van der Waals surface area contributed by atoms with Gasteiger partial charge in [0.25, 0.3) is 11.8 Å². The number of fused-ring (bicyclic) bond motifs is 2. The zero-order valence-electron chi connectivity index (χ0n) is 24.1. The first-order chi connectivity index (χ1) is 17.3. The predicted octanol–water partition coefficient (Wildman–Crippen LogP) is 4.68. The van der Waals surface area contributed by atoms with Crippen LogP contribution in [0, 0.1) is 0 Å². The highest BCUT2D eigenvalue weighted by Gasteiger charge is 2.48. The van der Waals surface area contributed by atoms with Gasteiger partial charge in [-0.3, -0.25) is 29.0 Å². The summed E-state index contributed by atoms with van der Waals surface area (Å²) in [7, 11) is 0. The summed E-state index contributed by atoms with van der Waals surface area (Å²) in [6.45, 7) is 17.9. The summed E-state index contributed by atoms with van der Waals surface area (Å²) < 4.78 is 0. The number of nitrogens with one attached hydrogen (secondary N) is 2. The van der Waals surface area contributed by atoms with Crippen molar-refractivity contribution in [3.05, 3.63) is 59.7 Å². The van der Waals surface area contributed by atoms with Crippen molar-refractivity contribution < 1.29 is 19.2 Å². The van der Waals surface area contributed by atoms with E-state index in [2.05, 4.69) is 10.6 Å². The molecule has 3 rings (SSSR count). The van der Waals surface area contributed by atoms with Crippen molar-refractivity contribution in [2.45, 2.75) is 91.4 Å². The van der Waals surface area contributed by atoms with Gasteiger partial charge in [0.2, 0.25) is 11.8 Å². The second-order valence-electron chi connectivity index (χ2n) is 12.8. The van der Waals surface area contributed by atoms with Crippen LogP contribution in [-0.2, 0) is 9.59 Å². The Bertz CT molecular complexity index is 1180. The largest absolute Gasteiger partial charge is 0.349 e. The van der Waals surface area contributed by atoms with E-state index in [9.17, 15) is 19.2 Å². The topological polar surface area (TPSA) is 98.8 Å². The molecule has 0 fully saturated rings. The maximum Gasteiger partial charge on any atom is 0.261 e. The molecule has 4 amide bonds. The lowest BCUT2D eigenvalue weighted by atomic mass is 9.91. The van der Waals surface area contributed by atoms with Crippen molar-refractivity contribution >= 4 is 35.0 Å². The molecule has 1 aliphatic rings. The Morgan fingerprint density at radius 2 is 0.842 bits per heavy atom. The molecule has 0 saturated heterocycles. The van der Waals surface area contributed by atoms with Crippen LogP contribution in [0.25, 0.3) is 0 Å². The first-order valence-electron chi connectivity index (χ1n) is 12.8. The SMILES string of the molecule is CC(C)(C)NC(=O)C(C)(C)N1C(=O)c2ccccc2N(C(C)(C)C(=O)NC(C)(C)C)C(=O)c2ccccc21. The van der Waals surface area contributed by atoms with E-state index in [-0.39, 0.29) is 22.9 Å². The van der Waals surface area contributed by atoms with Crippen molar-refractivity contribution in [1.29, 1.82) is 0 Å². The van der Waals surface area contributed by atoms with Crippen molar-refractivity contribution in [2.24, 2.45) is 0 Å². The molecule has 204 valence electrons. The van der Waals surface area contributed by atoms with Gasteiger partial charge in [0.05, 0.1) is 22.5 Å². The fourth-order valence-electron chi connectivity index (χ4n) is 4.46. The number of nitrogens with zero attached hydrogens (tertiary/aromatic N) is 2. The third kappa shape index (κ3) is 5.44. The Morgan fingerprint density at radius 1 is 0.553 bits per heavy atom. The molecule has 2 aromatic carbocycles. The number of amides is 4. The van der Waals surface area contributed by atoms with E-state index in [4.69, 9.17) is 0 Å². The lowest BCUT2D eigenvalue weighted by Crippen LogP contribution is -2.63. The summed E-state index contributed by atoms with van der Waals surface area (Å²) in [6, 6.07) is 13.4. The molecular weight excluding hydrogens is 480 g/mol. The van der Waals surface area contributed by atoms with Crippen LogP contribution in [0.1, 0.15) is 90.0 Å². The van der Waals surface area contributed by atoms with Crippen LogP contribution in [0.4, 0.5) is 11.4 Å². The van der Waals surface area contributed by atoms with Gasteiger partial charge < -0.3 is 10.6 Å². The second kappa shape index (κ2) is 9.57. The Labute approximate surface area is 225 Å². The molecule has 0 radical (unpaired) electrons. The number of para-hydroxylation sites is 2. The van der Waals surface area contributed by atoms with Gasteiger partial charge in [-0.25, -0.2) is 0 Å². The normalized spacial score (nSPS) is 14.8. The van der Waals surface area contributed by atoms with Crippen molar-refractivity contribution in [3.8, 4) is 0 Å². The zero-order valence-corrected chi connectivity index (χ0v) is 24.1. The summed E-state index contributed by atoms with van der Waals surface area (Å²) in [5, 5.41) is 5.94. The Kier molecular flexibility index (Phi) is 7.27. The van der Waals surface area contributed by atoms with Gasteiger partial charge in [-0.05, 0) is 93.5 Å². The van der Waals surface area contributed by atoms with Gasteiger partial charge in [-0.1, -0.05) is 24.3 Å². The van der Waals surface area contributed by atoms with E-state index >= 15 is 0 Å². The summed E-state index contributed by atoms with van der Waals surface area (Å²) in [5.41, 5.74) is -2.76. The van der Waals surface area contributed by atoms with Crippen LogP contribution in [0.15, 0.2) is 48.5 Å². The number of hydrogen-bond donors (Lipinski definition) is 2. The molecule has 0 aliphatic carbocycles. The smallest absolute Gasteiger partial charge is 0.261 e. The average molecular weight is 521 g/mol. The third-order valence-corrected chi connectivity index (χ3v) is 6.36. The number of benzene rings is 2. The first kappa shape index (κ1) is 28.9. The van der Waals surface area contributed by atoms with Crippen LogP contribution >= 0.6 is 0 Å². The fourth-order valence-corrected chi connectivity index (χ4v) is 4.46. The van der Waals surface area contributed by atoms with E-state index in [0.29, 0.717) is 11.4 Å². The number of rotatable bonds is 4. The molecule has 0 unspecified atom stereocenters. The fraction of sp³-hybridized carbons (Fsp3) is 0.467. The molecule has 38 heavy (non-hydrogen) atoms. The Morgan fingerprint density at radius 3 is 1.13 bits per heavy atom. The summed E-state index contributed by atoms with van der Waals surface area (Å²) >= 11 is 0. The van der Waals surface area contributed by atoms with Crippen LogP contribution in [0.2, 0.25) is 0 Å². The highest BCUT2D eigenvalue weighted by molar-refractivity contribution is 6.23. The number of anilines is 2. The average Bonchev–Trinajstić information content (AvgIpc) is 2.76. The van der Waals surface area contributed by atoms with E-state index in [1.165, 1.54) is 9.80 Å². The predicted molar refractivity (Wildman–Crippen MR) is 150 cm³/mol. The molecule has 0 spiro atoms. The van der Waals surface area contributed by atoms with Crippen LogP contribution in [0.3, 0.4) is 0 Å². The van der Waals surface area contributed by atoms with Gasteiger partial charge in [0.1, 0.15) is 11.1 Å². The minimum absolute atomic E-state index is 0.212. The standard InChI is InChI=1S/C30H40N4O4/c1-27(2,3)31-25(37)29(7,8)33-21-17-13-11-15-19(21)24(36)34(22-18-14-12-16-20(22)23(33)35)30(9,10)26(38)32-28(4,5)6/h11-18H,1-10H3,(H,31,37)(H,32,38). The maximum absolute atomic E-state index is 14.4. The Hall–Kier alpha value is -3.68. The lowest BCUT2D eigenvalue weighted by molar-refractivity contribution is -0.127. The second-order valence-corrected chi connectivity index (χ2v) is 12.8. The van der Waals surface area contributed by atoms with Gasteiger partial charge >= 0.3 is 0 Å². The summed E-state index contributed by atoms with van der Waals surface area (Å²) in [6.07, 6.45) is 0. The van der Waals surface area contributed by atoms with Crippen LogP contribution in [0.5, 0.6) is 0 Å². The van der Waals surface area contributed by atoms with Crippen molar-refractivity contribution in [3.63, 3.8) is 0 Å². The molecule has 2 N–H and O–H groups in total. The third-order valence-electron chi connectivity index (χ3n) is 6.36. The van der Waals surface area contributed by atoms with Gasteiger partial charge in [0, 0.05) is 11.1 Å². The first-order valence-corrected chi connectivity index (χ1v) is 12.8. The highest BCUT2D eigenvalue weighted by Crippen LogP contribution is 2.39. The molecule has 0 saturated carbocycles. The van der Waals surface area contributed by atoms with Gasteiger partial charge in [-0.15, -0.1) is 0 Å². The quantitative estimate of drug-likeness (QED) is 0.612. The summed E-state index contributed by atoms with van der Waals surface area (Å²) in [5.74, 6) is -1.63. The molecule has 0 aromatic heterocycles. The van der Waals surface area contributed by atoms with Crippen molar-refractivity contribution in [2.75, 3.05) is 9.80 Å². The van der Waals surface area contributed by atoms with Crippen molar-refractivity contribution in [1.82, 2.24) is 10.6 Å². The molecule has 2 aromatic rings. The minimum Gasteiger partial charge on any atom is -0.349 e. The molecule has 1 aliphatic heterocycles. The monoisotopic (exact) mass is 520 g/mol. The van der Waals surface area contributed by atoms with Gasteiger partial charge in [-0.2, -0.15) is 0 Å². The number of carbonyl (C=O) groups is 4. The van der Waals surface area contributed by atoms with E-state index in [1.807, 2.05) is 41.5 Å². The highest BCUT2D eigenvalue weighted by atomic mass is 16.2. The van der Waals surface area contributed by atoms with E-state index < -0.39 is 34.0 Å². The molecular formula is C30H40N4O4. The molecule has 1 heterocycles. The van der Waals surface area contributed by atoms with Gasteiger partial charge in [0.15, 0.2) is 0 Å².